The molecular weight excluding hydrogens is 484 g/mol. The van der Waals surface area contributed by atoms with Crippen LogP contribution in [0.1, 0.15) is 0 Å². The average molecular weight is 505 g/mol. The molecule has 0 aliphatic carbocycles. The lowest BCUT2D eigenvalue weighted by Crippen LogP contribution is -1.94. The summed E-state index contributed by atoms with van der Waals surface area (Å²) in [5.41, 5.74) is 8.01. The number of hydrogen-bond acceptors (Lipinski definition) is 4. The molecule has 0 aliphatic heterocycles. The van der Waals surface area contributed by atoms with Gasteiger partial charge in [-0.25, -0.2) is 9.97 Å². The van der Waals surface area contributed by atoms with Gasteiger partial charge < -0.3 is 4.42 Å². The standard InChI is InChI=1S/C34H20N2OS/c1-3-10-21(11-4-1)23-18-19-24-28(20-23)37-27-16-9-15-26(30(24)27)34-35-31(22-12-5-2-6-13-22)33-32(36-34)25-14-7-8-17-29(25)38-33/h1-20H. The molecule has 0 atom stereocenters. The molecule has 0 amide bonds. The zero-order valence-electron chi connectivity index (χ0n) is 20.3. The van der Waals surface area contributed by atoms with Crippen LogP contribution >= 0.6 is 11.3 Å². The smallest absolute Gasteiger partial charge is 0.161 e. The van der Waals surface area contributed by atoms with Crippen LogP contribution in [0, 0.1) is 0 Å². The van der Waals surface area contributed by atoms with E-state index in [1.165, 1.54) is 10.3 Å². The fraction of sp³-hybridized carbons (Fsp3) is 0. The fourth-order valence-electron chi connectivity index (χ4n) is 5.33. The second kappa shape index (κ2) is 8.37. The van der Waals surface area contributed by atoms with Crippen LogP contribution < -0.4 is 0 Å². The van der Waals surface area contributed by atoms with Crippen molar-refractivity contribution in [2.24, 2.45) is 0 Å². The van der Waals surface area contributed by atoms with E-state index in [9.17, 15) is 0 Å². The molecule has 5 aromatic carbocycles. The summed E-state index contributed by atoms with van der Waals surface area (Å²) in [7, 11) is 0. The van der Waals surface area contributed by atoms with Gasteiger partial charge in [-0.05, 0) is 35.4 Å². The lowest BCUT2D eigenvalue weighted by molar-refractivity contribution is 0.669. The second-order valence-corrected chi connectivity index (χ2v) is 10.4. The molecule has 3 nitrogen and oxygen atoms in total. The van der Waals surface area contributed by atoms with Crippen molar-refractivity contribution in [1.29, 1.82) is 0 Å². The number of nitrogens with zero attached hydrogens (tertiary/aromatic N) is 2. The third kappa shape index (κ3) is 3.28. The van der Waals surface area contributed by atoms with E-state index in [1.807, 2.05) is 24.3 Å². The Morgan fingerprint density at radius 1 is 0.553 bits per heavy atom. The first-order valence-corrected chi connectivity index (χ1v) is 13.4. The zero-order valence-corrected chi connectivity index (χ0v) is 21.1. The van der Waals surface area contributed by atoms with Crippen LogP contribution in [0.15, 0.2) is 126 Å². The predicted octanol–water partition coefficient (Wildman–Crippen LogP) is 9.74. The summed E-state index contributed by atoms with van der Waals surface area (Å²) in [4.78, 5) is 10.4. The van der Waals surface area contributed by atoms with Crippen molar-refractivity contribution in [1.82, 2.24) is 9.97 Å². The molecule has 0 N–H and O–H groups in total. The minimum Gasteiger partial charge on any atom is -0.456 e. The molecule has 0 saturated heterocycles. The number of benzene rings is 5. The molecule has 178 valence electrons. The number of hydrogen-bond donors (Lipinski definition) is 0. The molecule has 0 unspecified atom stereocenters. The average Bonchev–Trinajstić information content (AvgIpc) is 3.55. The highest BCUT2D eigenvalue weighted by atomic mass is 32.1. The largest absolute Gasteiger partial charge is 0.456 e. The maximum Gasteiger partial charge on any atom is 0.161 e. The topological polar surface area (TPSA) is 38.9 Å². The summed E-state index contributed by atoms with van der Waals surface area (Å²) in [6.07, 6.45) is 0. The van der Waals surface area contributed by atoms with Crippen LogP contribution in [0.4, 0.5) is 0 Å². The molecule has 38 heavy (non-hydrogen) atoms. The van der Waals surface area contributed by atoms with Crippen LogP contribution in [0.2, 0.25) is 0 Å². The van der Waals surface area contributed by atoms with E-state index in [0.717, 1.165) is 59.9 Å². The Morgan fingerprint density at radius 3 is 2.16 bits per heavy atom. The first-order chi connectivity index (χ1) is 18.8. The molecule has 8 rings (SSSR count). The quantitative estimate of drug-likeness (QED) is 0.240. The molecule has 3 heterocycles. The van der Waals surface area contributed by atoms with Gasteiger partial charge >= 0.3 is 0 Å². The van der Waals surface area contributed by atoms with E-state index in [4.69, 9.17) is 14.4 Å². The van der Waals surface area contributed by atoms with E-state index in [2.05, 4.69) is 97.1 Å². The summed E-state index contributed by atoms with van der Waals surface area (Å²) in [5, 5.41) is 3.26. The Kier molecular flexibility index (Phi) is 4.69. The van der Waals surface area contributed by atoms with Crippen molar-refractivity contribution < 1.29 is 4.42 Å². The number of rotatable bonds is 3. The molecule has 8 aromatic rings. The highest BCUT2D eigenvalue weighted by Crippen LogP contribution is 2.42. The molecule has 0 spiro atoms. The van der Waals surface area contributed by atoms with Crippen molar-refractivity contribution in [3.05, 3.63) is 121 Å². The van der Waals surface area contributed by atoms with Gasteiger partial charge in [0.25, 0.3) is 0 Å². The summed E-state index contributed by atoms with van der Waals surface area (Å²) in [6, 6.07) is 41.9. The van der Waals surface area contributed by atoms with E-state index in [-0.39, 0.29) is 0 Å². The van der Waals surface area contributed by atoms with Gasteiger partial charge in [0.1, 0.15) is 11.2 Å². The van der Waals surface area contributed by atoms with Crippen LogP contribution in [0.3, 0.4) is 0 Å². The Bertz CT molecular complexity index is 2130. The summed E-state index contributed by atoms with van der Waals surface area (Å²) in [5.74, 6) is 0.709. The summed E-state index contributed by atoms with van der Waals surface area (Å²) < 4.78 is 8.70. The van der Waals surface area contributed by atoms with Gasteiger partial charge in [-0.1, -0.05) is 97.1 Å². The summed E-state index contributed by atoms with van der Waals surface area (Å²) >= 11 is 1.75. The van der Waals surface area contributed by atoms with Crippen LogP contribution in [-0.2, 0) is 0 Å². The van der Waals surface area contributed by atoms with Crippen molar-refractivity contribution in [3.63, 3.8) is 0 Å². The Labute approximate surface area is 222 Å². The highest BCUT2D eigenvalue weighted by molar-refractivity contribution is 7.26. The van der Waals surface area contributed by atoms with Gasteiger partial charge in [0.05, 0.1) is 15.9 Å². The van der Waals surface area contributed by atoms with E-state index in [1.54, 1.807) is 11.3 Å². The monoisotopic (exact) mass is 504 g/mol. The van der Waals surface area contributed by atoms with Crippen molar-refractivity contribution >= 4 is 53.6 Å². The van der Waals surface area contributed by atoms with E-state index in [0.29, 0.717) is 5.82 Å². The normalized spacial score (nSPS) is 11.7. The van der Waals surface area contributed by atoms with Crippen molar-refractivity contribution in [3.8, 4) is 33.8 Å². The molecule has 3 aromatic heterocycles. The van der Waals surface area contributed by atoms with Gasteiger partial charge in [-0.3, -0.25) is 0 Å². The lowest BCUT2D eigenvalue weighted by atomic mass is 10.0. The molecule has 0 radical (unpaired) electrons. The predicted molar refractivity (Wildman–Crippen MR) is 159 cm³/mol. The minimum atomic E-state index is 0.709. The SMILES string of the molecule is c1ccc(-c2ccc3c(c2)oc2cccc(-c4nc(-c5ccccc5)c5sc6ccccc6c5n4)c23)cc1. The number of furan rings is 1. The van der Waals surface area contributed by atoms with Crippen LogP contribution in [0.5, 0.6) is 0 Å². The molecule has 0 fully saturated rings. The van der Waals surface area contributed by atoms with Crippen molar-refractivity contribution in [2.45, 2.75) is 0 Å². The minimum absolute atomic E-state index is 0.709. The fourth-order valence-corrected chi connectivity index (χ4v) is 6.48. The van der Waals surface area contributed by atoms with Crippen LogP contribution in [-0.4, -0.2) is 9.97 Å². The van der Waals surface area contributed by atoms with Gasteiger partial charge in [0.15, 0.2) is 5.82 Å². The van der Waals surface area contributed by atoms with E-state index >= 15 is 0 Å². The summed E-state index contributed by atoms with van der Waals surface area (Å²) in [6.45, 7) is 0. The third-order valence-corrected chi connectivity index (χ3v) is 8.28. The lowest BCUT2D eigenvalue weighted by Gasteiger charge is -2.08. The highest BCUT2D eigenvalue weighted by Gasteiger charge is 2.19. The van der Waals surface area contributed by atoms with Gasteiger partial charge in [-0.15, -0.1) is 11.3 Å². The first-order valence-electron chi connectivity index (χ1n) is 12.6. The molecular formula is C34H20N2OS. The Hall–Kier alpha value is -4.80. The van der Waals surface area contributed by atoms with E-state index < -0.39 is 0 Å². The molecule has 0 bridgehead atoms. The zero-order chi connectivity index (χ0) is 25.1. The van der Waals surface area contributed by atoms with Gasteiger partial charge in [-0.2, -0.15) is 0 Å². The first kappa shape index (κ1) is 21.3. The maximum absolute atomic E-state index is 6.38. The molecule has 0 saturated carbocycles. The maximum atomic E-state index is 6.38. The van der Waals surface area contributed by atoms with Gasteiger partial charge in [0.2, 0.25) is 0 Å². The second-order valence-electron chi connectivity index (χ2n) is 9.40. The Balaban J connectivity index is 1.41. The Morgan fingerprint density at radius 2 is 1.32 bits per heavy atom. The molecule has 0 aliphatic rings. The van der Waals surface area contributed by atoms with Crippen molar-refractivity contribution in [2.75, 3.05) is 0 Å². The third-order valence-electron chi connectivity index (χ3n) is 7.11. The number of thiophene rings is 1. The number of aromatic nitrogens is 2. The molecule has 4 heteroatoms. The number of fused-ring (bicyclic) bond motifs is 6. The van der Waals surface area contributed by atoms with Gasteiger partial charge in [0, 0.05) is 32.0 Å². The van der Waals surface area contributed by atoms with Crippen LogP contribution in [0.25, 0.3) is 76.0 Å².